The normalized spacial score (nSPS) is 12.3. The number of allylic oxidation sites excluding steroid dienone is 1. The molecule has 1 unspecified atom stereocenters. The average Bonchev–Trinajstić information content (AvgIpc) is 2.12. The van der Waals surface area contributed by atoms with Crippen molar-refractivity contribution in [1.29, 1.82) is 0 Å². The van der Waals surface area contributed by atoms with Crippen LogP contribution in [0, 0.1) is 0 Å². The minimum atomic E-state index is 0.159. The summed E-state index contributed by atoms with van der Waals surface area (Å²) in [4.78, 5) is 0. The maximum atomic E-state index is 5.95. The summed E-state index contributed by atoms with van der Waals surface area (Å²) in [6, 6.07) is 5.75. The van der Waals surface area contributed by atoms with E-state index in [9.17, 15) is 0 Å². The molecule has 1 N–H and O–H groups in total. The van der Waals surface area contributed by atoms with Crippen molar-refractivity contribution in [3.63, 3.8) is 0 Å². The largest absolute Gasteiger partial charge is 0.310 e. The summed E-state index contributed by atoms with van der Waals surface area (Å²) in [6.45, 7) is 4.13. The predicted molar refractivity (Wildman–Crippen MR) is 67.7 cm³/mol. The molecule has 1 aromatic rings. The Hall–Kier alpha value is -0.500. The highest BCUT2D eigenvalue weighted by molar-refractivity contribution is 6.34. The Bertz CT molecular complexity index is 348. The van der Waals surface area contributed by atoms with Crippen molar-refractivity contribution in [2.24, 2.45) is 0 Å². The Morgan fingerprint density at radius 1 is 1.20 bits per heavy atom. The maximum absolute atomic E-state index is 5.95. The minimum absolute atomic E-state index is 0.159. The van der Waals surface area contributed by atoms with Gasteiger partial charge < -0.3 is 5.32 Å². The molecule has 0 spiro atoms. The summed E-state index contributed by atoms with van der Waals surface area (Å²) < 4.78 is 0. The Kier molecular flexibility index (Phi) is 4.65. The van der Waals surface area contributed by atoms with Crippen LogP contribution in [-0.4, -0.2) is 7.05 Å². The zero-order chi connectivity index (χ0) is 11.4. The van der Waals surface area contributed by atoms with Crippen LogP contribution in [0.1, 0.15) is 25.5 Å². The zero-order valence-corrected chi connectivity index (χ0v) is 10.7. The smallest absolute Gasteiger partial charge is 0.0507 e. The topological polar surface area (TPSA) is 12.0 Å². The van der Waals surface area contributed by atoms with Crippen LogP contribution in [0.3, 0.4) is 0 Å². The highest BCUT2D eigenvalue weighted by atomic mass is 35.5. The molecule has 15 heavy (non-hydrogen) atoms. The van der Waals surface area contributed by atoms with Crippen molar-refractivity contribution >= 4 is 23.2 Å². The van der Waals surface area contributed by atoms with Crippen LogP contribution in [0.25, 0.3) is 0 Å². The number of benzene rings is 1. The van der Waals surface area contributed by atoms with Crippen molar-refractivity contribution in [3.8, 4) is 0 Å². The predicted octanol–water partition coefficient (Wildman–Crippen LogP) is 4.22. The summed E-state index contributed by atoms with van der Waals surface area (Å²) >= 11 is 11.9. The van der Waals surface area contributed by atoms with E-state index in [4.69, 9.17) is 23.2 Å². The molecule has 0 aliphatic heterocycles. The number of rotatable bonds is 3. The summed E-state index contributed by atoms with van der Waals surface area (Å²) in [7, 11) is 1.92. The van der Waals surface area contributed by atoms with E-state index >= 15 is 0 Å². The van der Waals surface area contributed by atoms with E-state index in [-0.39, 0.29) is 6.04 Å². The van der Waals surface area contributed by atoms with E-state index < -0.39 is 0 Å². The van der Waals surface area contributed by atoms with Crippen molar-refractivity contribution in [3.05, 3.63) is 45.5 Å². The number of nitrogens with one attached hydrogen (secondary N) is 1. The van der Waals surface area contributed by atoms with Gasteiger partial charge in [0.2, 0.25) is 0 Å². The zero-order valence-electron chi connectivity index (χ0n) is 9.14. The molecule has 1 rings (SSSR count). The molecule has 0 aromatic heterocycles. The van der Waals surface area contributed by atoms with E-state index in [0.29, 0.717) is 10.0 Å². The van der Waals surface area contributed by atoms with Gasteiger partial charge in [-0.15, -0.1) is 0 Å². The molecule has 0 radical (unpaired) electrons. The Morgan fingerprint density at radius 2 is 1.73 bits per heavy atom. The molecule has 0 amide bonds. The standard InChI is InChI=1S/C12H15Cl2N/c1-8(2)4-12(15-3)9-5-10(13)7-11(14)6-9/h4-7,12,15H,1-3H3. The van der Waals surface area contributed by atoms with Crippen LogP contribution in [0.15, 0.2) is 29.8 Å². The summed E-state index contributed by atoms with van der Waals surface area (Å²) in [5.41, 5.74) is 2.33. The molecular formula is C12H15Cl2N. The van der Waals surface area contributed by atoms with Crippen molar-refractivity contribution in [1.82, 2.24) is 5.32 Å². The molecule has 0 bridgehead atoms. The van der Waals surface area contributed by atoms with Crippen molar-refractivity contribution in [2.75, 3.05) is 7.05 Å². The van der Waals surface area contributed by atoms with Gasteiger partial charge in [0.05, 0.1) is 6.04 Å². The Balaban J connectivity index is 3.07. The quantitative estimate of drug-likeness (QED) is 0.785. The molecular weight excluding hydrogens is 229 g/mol. The second-order valence-corrected chi connectivity index (χ2v) is 4.59. The van der Waals surface area contributed by atoms with Gasteiger partial charge in [-0.25, -0.2) is 0 Å². The lowest BCUT2D eigenvalue weighted by atomic mass is 10.1. The number of hydrogen-bond donors (Lipinski definition) is 1. The van der Waals surface area contributed by atoms with Gasteiger partial charge in [0, 0.05) is 10.0 Å². The fraction of sp³-hybridized carbons (Fsp3) is 0.333. The lowest BCUT2D eigenvalue weighted by Crippen LogP contribution is -2.14. The van der Waals surface area contributed by atoms with E-state index in [1.165, 1.54) is 5.57 Å². The molecule has 0 aliphatic rings. The molecule has 82 valence electrons. The Morgan fingerprint density at radius 3 is 2.13 bits per heavy atom. The van der Waals surface area contributed by atoms with Crippen LogP contribution >= 0.6 is 23.2 Å². The number of likely N-dealkylation sites (N-methyl/N-ethyl adjacent to an activating group) is 1. The van der Waals surface area contributed by atoms with Gasteiger partial charge in [-0.1, -0.05) is 34.9 Å². The first-order chi connectivity index (χ1) is 7.02. The van der Waals surface area contributed by atoms with E-state index in [1.807, 2.05) is 19.2 Å². The molecule has 3 heteroatoms. The molecule has 1 aromatic carbocycles. The van der Waals surface area contributed by atoms with Gasteiger partial charge in [0.25, 0.3) is 0 Å². The first-order valence-corrected chi connectivity index (χ1v) is 5.57. The lowest BCUT2D eigenvalue weighted by Gasteiger charge is -2.13. The molecule has 0 saturated carbocycles. The van der Waals surface area contributed by atoms with E-state index in [0.717, 1.165) is 5.56 Å². The molecule has 1 nitrogen and oxygen atoms in total. The SMILES string of the molecule is CNC(C=C(C)C)c1cc(Cl)cc(Cl)c1. The third kappa shape index (κ3) is 3.86. The van der Waals surface area contributed by atoms with Gasteiger partial charge >= 0.3 is 0 Å². The van der Waals surface area contributed by atoms with E-state index in [1.54, 1.807) is 6.07 Å². The van der Waals surface area contributed by atoms with Crippen LogP contribution < -0.4 is 5.32 Å². The molecule has 0 heterocycles. The fourth-order valence-corrected chi connectivity index (χ4v) is 1.98. The molecule has 0 fully saturated rings. The number of halogens is 2. The van der Waals surface area contributed by atoms with Gasteiger partial charge in [0.1, 0.15) is 0 Å². The van der Waals surface area contributed by atoms with Gasteiger partial charge in [0.15, 0.2) is 0 Å². The fourth-order valence-electron chi connectivity index (χ4n) is 1.43. The number of hydrogen-bond acceptors (Lipinski definition) is 1. The van der Waals surface area contributed by atoms with Crippen molar-refractivity contribution in [2.45, 2.75) is 19.9 Å². The molecule has 1 atom stereocenters. The third-order valence-corrected chi connectivity index (χ3v) is 2.49. The highest BCUT2D eigenvalue weighted by Crippen LogP contribution is 2.24. The van der Waals surface area contributed by atoms with Crippen LogP contribution in [0.5, 0.6) is 0 Å². The van der Waals surface area contributed by atoms with Crippen LogP contribution in [-0.2, 0) is 0 Å². The van der Waals surface area contributed by atoms with Crippen molar-refractivity contribution < 1.29 is 0 Å². The highest BCUT2D eigenvalue weighted by Gasteiger charge is 2.07. The maximum Gasteiger partial charge on any atom is 0.0507 e. The monoisotopic (exact) mass is 243 g/mol. The summed E-state index contributed by atoms with van der Waals surface area (Å²) in [5, 5.41) is 4.54. The van der Waals surface area contributed by atoms with E-state index in [2.05, 4.69) is 25.2 Å². The molecule has 0 aliphatic carbocycles. The average molecular weight is 244 g/mol. The Labute approximate surface area is 101 Å². The summed E-state index contributed by atoms with van der Waals surface area (Å²) in [5.74, 6) is 0. The second-order valence-electron chi connectivity index (χ2n) is 3.71. The summed E-state index contributed by atoms with van der Waals surface area (Å²) in [6.07, 6.45) is 2.14. The first kappa shape index (κ1) is 12.6. The molecule has 0 saturated heterocycles. The van der Waals surface area contributed by atoms with Gasteiger partial charge in [-0.05, 0) is 44.7 Å². The van der Waals surface area contributed by atoms with Gasteiger partial charge in [-0.2, -0.15) is 0 Å². The second kappa shape index (κ2) is 5.55. The lowest BCUT2D eigenvalue weighted by molar-refractivity contribution is 0.710. The van der Waals surface area contributed by atoms with Gasteiger partial charge in [-0.3, -0.25) is 0 Å². The third-order valence-electron chi connectivity index (χ3n) is 2.06. The van der Waals surface area contributed by atoms with Crippen LogP contribution in [0.2, 0.25) is 10.0 Å². The first-order valence-electron chi connectivity index (χ1n) is 4.81. The minimum Gasteiger partial charge on any atom is -0.310 e. The van der Waals surface area contributed by atoms with Crippen LogP contribution in [0.4, 0.5) is 0 Å².